The summed E-state index contributed by atoms with van der Waals surface area (Å²) in [6.07, 6.45) is 6.55. The fraction of sp³-hybridized carbons (Fsp3) is 0.600. The van der Waals surface area contributed by atoms with Crippen molar-refractivity contribution in [1.29, 1.82) is 0 Å². The first kappa shape index (κ1) is 18.3. The highest BCUT2D eigenvalue weighted by molar-refractivity contribution is 5.82. The van der Waals surface area contributed by atoms with Crippen LogP contribution in [0.1, 0.15) is 37.7 Å². The molecule has 2 fully saturated rings. The molecule has 0 bridgehead atoms. The number of piperidine rings is 2. The summed E-state index contributed by atoms with van der Waals surface area (Å²) in [5.41, 5.74) is 8.48. The zero-order chi connectivity index (χ0) is 18.8. The van der Waals surface area contributed by atoms with Gasteiger partial charge in [-0.15, -0.1) is 0 Å². The summed E-state index contributed by atoms with van der Waals surface area (Å²) in [6, 6.07) is 5.74. The number of carbonyl (C=O) groups is 1. The summed E-state index contributed by atoms with van der Waals surface area (Å²) >= 11 is 0. The molecule has 0 radical (unpaired) electrons. The van der Waals surface area contributed by atoms with E-state index in [1.807, 2.05) is 23.1 Å². The molecule has 2 saturated heterocycles. The second-order valence-corrected chi connectivity index (χ2v) is 7.92. The summed E-state index contributed by atoms with van der Waals surface area (Å²) < 4.78 is 0. The highest BCUT2D eigenvalue weighted by Gasteiger charge is 2.29. The third-order valence-electron chi connectivity index (χ3n) is 6.04. The van der Waals surface area contributed by atoms with Gasteiger partial charge in [-0.25, -0.2) is 4.79 Å². The lowest BCUT2D eigenvalue weighted by Gasteiger charge is -2.40. The Balaban J connectivity index is 1.32. The van der Waals surface area contributed by atoms with E-state index in [-0.39, 0.29) is 11.6 Å². The van der Waals surface area contributed by atoms with Crippen molar-refractivity contribution in [2.75, 3.05) is 26.2 Å². The number of nitrogens with two attached hydrogens (primary N) is 1. The molecule has 0 saturated carbocycles. The maximum absolute atomic E-state index is 12.8. The predicted molar refractivity (Wildman–Crippen MR) is 106 cm³/mol. The molecule has 0 spiro atoms. The number of hydrogen-bond acceptors (Lipinski definition) is 4. The van der Waals surface area contributed by atoms with Gasteiger partial charge in [0.25, 0.3) is 0 Å². The fourth-order valence-corrected chi connectivity index (χ4v) is 4.52. The van der Waals surface area contributed by atoms with Gasteiger partial charge < -0.3 is 25.5 Å². The standard InChI is InChI=1S/C20H29N5O2/c21-16(12-14-4-5-17-18(13-14)23-20(27)22-17)19(26)25-10-6-15(7-11-25)24-8-2-1-3-9-24/h4-5,13,15-16H,1-3,6-12,21H2,(H2,22,23,27). The van der Waals surface area contributed by atoms with Crippen molar-refractivity contribution in [3.63, 3.8) is 0 Å². The molecule has 2 aliphatic rings. The highest BCUT2D eigenvalue weighted by atomic mass is 16.2. The van der Waals surface area contributed by atoms with Gasteiger partial charge in [0.1, 0.15) is 0 Å². The van der Waals surface area contributed by atoms with Gasteiger partial charge in [-0.2, -0.15) is 0 Å². The first-order chi connectivity index (χ1) is 13.1. The third-order valence-corrected chi connectivity index (χ3v) is 6.04. The molecule has 0 aliphatic carbocycles. The number of amides is 1. The lowest BCUT2D eigenvalue weighted by molar-refractivity contribution is -0.134. The number of likely N-dealkylation sites (tertiary alicyclic amines) is 2. The third kappa shape index (κ3) is 4.09. The second kappa shape index (κ2) is 7.86. The van der Waals surface area contributed by atoms with Crippen molar-refractivity contribution in [2.24, 2.45) is 5.73 Å². The topological polar surface area (TPSA) is 98.2 Å². The van der Waals surface area contributed by atoms with Crippen LogP contribution in [0.15, 0.2) is 23.0 Å². The number of H-pyrrole nitrogens is 2. The molecule has 1 unspecified atom stereocenters. The van der Waals surface area contributed by atoms with Crippen LogP contribution in [0.3, 0.4) is 0 Å². The van der Waals surface area contributed by atoms with E-state index in [1.54, 1.807) is 0 Å². The van der Waals surface area contributed by atoms with E-state index in [0.717, 1.165) is 42.5 Å². The van der Waals surface area contributed by atoms with Gasteiger partial charge in [-0.05, 0) is 62.9 Å². The lowest BCUT2D eigenvalue weighted by atomic mass is 9.98. The summed E-state index contributed by atoms with van der Waals surface area (Å²) in [4.78, 5) is 34.2. The largest absolute Gasteiger partial charge is 0.341 e. The Bertz CT molecular complexity index is 843. The number of imidazole rings is 1. The molecule has 1 atom stereocenters. The van der Waals surface area contributed by atoms with Crippen LogP contribution in [0.5, 0.6) is 0 Å². The SMILES string of the molecule is NC(Cc1ccc2[nH]c(=O)[nH]c2c1)C(=O)N1CCC(N2CCCCC2)CC1. The summed E-state index contributed by atoms with van der Waals surface area (Å²) in [5.74, 6) is 0.0368. The minimum absolute atomic E-state index is 0.0368. The average molecular weight is 371 g/mol. The molecule has 27 heavy (non-hydrogen) atoms. The van der Waals surface area contributed by atoms with Crippen LogP contribution in [0.25, 0.3) is 11.0 Å². The monoisotopic (exact) mass is 371 g/mol. The molecule has 7 nitrogen and oxygen atoms in total. The van der Waals surface area contributed by atoms with E-state index in [4.69, 9.17) is 5.73 Å². The van der Waals surface area contributed by atoms with Crippen LogP contribution < -0.4 is 11.4 Å². The normalized spacial score (nSPS) is 20.9. The number of aromatic amines is 2. The number of nitrogens with zero attached hydrogens (tertiary/aromatic N) is 2. The van der Waals surface area contributed by atoms with Gasteiger partial charge in [0.05, 0.1) is 17.1 Å². The smallest absolute Gasteiger partial charge is 0.323 e. The molecule has 1 amide bonds. The maximum Gasteiger partial charge on any atom is 0.323 e. The number of hydrogen-bond donors (Lipinski definition) is 3. The van der Waals surface area contributed by atoms with Crippen molar-refractivity contribution >= 4 is 16.9 Å². The van der Waals surface area contributed by atoms with Gasteiger partial charge in [0.15, 0.2) is 0 Å². The molecule has 1 aromatic carbocycles. The summed E-state index contributed by atoms with van der Waals surface area (Å²) in [6.45, 7) is 4.03. The van der Waals surface area contributed by atoms with Gasteiger partial charge >= 0.3 is 5.69 Å². The van der Waals surface area contributed by atoms with Crippen LogP contribution in [0.2, 0.25) is 0 Å². The molecule has 4 N–H and O–H groups in total. The van der Waals surface area contributed by atoms with Crippen molar-refractivity contribution < 1.29 is 4.79 Å². The van der Waals surface area contributed by atoms with Crippen LogP contribution in [0.4, 0.5) is 0 Å². The molecule has 2 aliphatic heterocycles. The molecule has 2 aromatic rings. The number of benzene rings is 1. The van der Waals surface area contributed by atoms with E-state index in [1.165, 1.54) is 32.4 Å². The lowest BCUT2D eigenvalue weighted by Crippen LogP contribution is -2.52. The van der Waals surface area contributed by atoms with Gasteiger partial charge in [-0.3, -0.25) is 4.79 Å². The number of fused-ring (bicyclic) bond motifs is 1. The number of nitrogens with one attached hydrogen (secondary N) is 2. The van der Waals surface area contributed by atoms with Crippen LogP contribution >= 0.6 is 0 Å². The Hall–Kier alpha value is -2.12. The first-order valence-corrected chi connectivity index (χ1v) is 10.1. The van der Waals surface area contributed by atoms with E-state index in [0.29, 0.717) is 12.5 Å². The van der Waals surface area contributed by atoms with Crippen molar-refractivity contribution in [1.82, 2.24) is 19.8 Å². The second-order valence-electron chi connectivity index (χ2n) is 7.92. The Morgan fingerprint density at radius 1 is 1.07 bits per heavy atom. The first-order valence-electron chi connectivity index (χ1n) is 10.1. The van der Waals surface area contributed by atoms with Crippen molar-refractivity contribution in [2.45, 2.75) is 50.6 Å². The maximum atomic E-state index is 12.8. The quantitative estimate of drug-likeness (QED) is 0.752. The minimum Gasteiger partial charge on any atom is -0.341 e. The van der Waals surface area contributed by atoms with Crippen LogP contribution in [-0.4, -0.2) is 63.9 Å². The summed E-state index contributed by atoms with van der Waals surface area (Å²) in [5, 5.41) is 0. The molecule has 1 aromatic heterocycles. The van der Waals surface area contributed by atoms with E-state index >= 15 is 0 Å². The molecular formula is C20H29N5O2. The van der Waals surface area contributed by atoms with Crippen LogP contribution in [0, 0.1) is 0 Å². The molecule has 3 heterocycles. The van der Waals surface area contributed by atoms with E-state index in [2.05, 4.69) is 14.9 Å². The number of rotatable bonds is 4. The van der Waals surface area contributed by atoms with E-state index in [9.17, 15) is 9.59 Å². The minimum atomic E-state index is -0.542. The van der Waals surface area contributed by atoms with Crippen molar-refractivity contribution in [3.05, 3.63) is 34.2 Å². The molecule has 7 heteroatoms. The molecule has 4 rings (SSSR count). The van der Waals surface area contributed by atoms with Crippen LogP contribution in [-0.2, 0) is 11.2 Å². The molecular weight excluding hydrogens is 342 g/mol. The fourth-order valence-electron chi connectivity index (χ4n) is 4.52. The zero-order valence-corrected chi connectivity index (χ0v) is 15.7. The zero-order valence-electron chi connectivity index (χ0n) is 15.7. The highest BCUT2D eigenvalue weighted by Crippen LogP contribution is 2.21. The number of aromatic nitrogens is 2. The molecule has 146 valence electrons. The van der Waals surface area contributed by atoms with Gasteiger partial charge in [-0.1, -0.05) is 12.5 Å². The predicted octanol–water partition coefficient (Wildman–Crippen LogP) is 1.20. The van der Waals surface area contributed by atoms with Crippen molar-refractivity contribution in [3.8, 4) is 0 Å². The Labute approximate surface area is 158 Å². The van der Waals surface area contributed by atoms with Gasteiger partial charge in [0, 0.05) is 19.1 Å². The average Bonchev–Trinajstić information content (AvgIpc) is 3.07. The number of carbonyl (C=O) groups excluding carboxylic acids is 1. The Morgan fingerprint density at radius 3 is 2.52 bits per heavy atom. The Morgan fingerprint density at radius 2 is 1.78 bits per heavy atom. The van der Waals surface area contributed by atoms with E-state index < -0.39 is 6.04 Å². The summed E-state index contributed by atoms with van der Waals surface area (Å²) in [7, 11) is 0. The van der Waals surface area contributed by atoms with Gasteiger partial charge in [0.2, 0.25) is 5.91 Å². The Kier molecular flexibility index (Phi) is 5.31.